The summed E-state index contributed by atoms with van der Waals surface area (Å²) in [5.41, 5.74) is 0.512. The third-order valence-corrected chi connectivity index (χ3v) is 4.91. The number of nitrogens with one attached hydrogen (secondary N) is 1. The number of para-hydroxylation sites is 1. The molecule has 0 unspecified atom stereocenters. The minimum Gasteiger partial charge on any atom is -0.354 e. The second kappa shape index (κ2) is 7.69. The van der Waals surface area contributed by atoms with Gasteiger partial charge in [-0.25, -0.2) is 0 Å². The molecule has 0 atom stereocenters. The van der Waals surface area contributed by atoms with Crippen molar-refractivity contribution in [3.8, 4) is 0 Å². The van der Waals surface area contributed by atoms with Crippen molar-refractivity contribution >= 4 is 16.8 Å². The van der Waals surface area contributed by atoms with Gasteiger partial charge in [-0.15, -0.1) is 10.2 Å². The molecule has 8 nitrogen and oxygen atoms in total. The lowest BCUT2D eigenvalue weighted by molar-refractivity contribution is -0.121. The number of aromatic nitrogens is 5. The molecule has 0 saturated heterocycles. The van der Waals surface area contributed by atoms with Crippen LogP contribution in [0.4, 0.5) is 0 Å². The molecule has 1 N–H and O–H groups in total. The quantitative estimate of drug-likeness (QED) is 0.729. The molecule has 0 saturated carbocycles. The molecule has 2 aromatic heterocycles. The van der Waals surface area contributed by atoms with Crippen LogP contribution in [0.25, 0.3) is 10.9 Å². The second-order valence-electron chi connectivity index (χ2n) is 6.78. The molecule has 0 bridgehead atoms. The van der Waals surface area contributed by atoms with E-state index in [1.54, 1.807) is 22.9 Å². The highest BCUT2D eigenvalue weighted by Crippen LogP contribution is 2.14. The highest BCUT2D eigenvalue weighted by molar-refractivity contribution is 5.81. The van der Waals surface area contributed by atoms with Gasteiger partial charge in [0.05, 0.1) is 11.7 Å². The van der Waals surface area contributed by atoms with E-state index in [4.69, 9.17) is 0 Å². The molecule has 1 aliphatic rings. The molecule has 0 fully saturated rings. The van der Waals surface area contributed by atoms with Crippen LogP contribution in [0.5, 0.6) is 0 Å². The first-order valence-electron chi connectivity index (χ1n) is 9.35. The van der Waals surface area contributed by atoms with Crippen molar-refractivity contribution in [1.29, 1.82) is 0 Å². The molecular weight excluding hydrogens is 344 g/mol. The molecule has 1 aromatic carbocycles. The average molecular weight is 366 g/mol. The van der Waals surface area contributed by atoms with E-state index in [1.807, 2.05) is 6.07 Å². The SMILES string of the molecule is O=C(Cn1ncc(=O)c2ccccc21)NCCc1nnc2n1CCCCC2. The van der Waals surface area contributed by atoms with E-state index in [0.717, 1.165) is 37.5 Å². The van der Waals surface area contributed by atoms with E-state index < -0.39 is 0 Å². The normalized spacial score (nSPS) is 13.9. The molecule has 140 valence electrons. The second-order valence-corrected chi connectivity index (χ2v) is 6.78. The first-order valence-corrected chi connectivity index (χ1v) is 9.35. The Morgan fingerprint density at radius 3 is 2.96 bits per heavy atom. The van der Waals surface area contributed by atoms with Gasteiger partial charge in [0.15, 0.2) is 0 Å². The van der Waals surface area contributed by atoms with E-state index >= 15 is 0 Å². The number of benzene rings is 1. The maximum absolute atomic E-state index is 12.3. The van der Waals surface area contributed by atoms with Crippen LogP contribution in [0.1, 0.15) is 30.9 Å². The Hall–Kier alpha value is -3.03. The summed E-state index contributed by atoms with van der Waals surface area (Å²) in [6.45, 7) is 1.52. The van der Waals surface area contributed by atoms with Crippen LogP contribution in [0.15, 0.2) is 35.3 Å². The van der Waals surface area contributed by atoms with E-state index in [1.165, 1.54) is 12.6 Å². The lowest BCUT2D eigenvalue weighted by Gasteiger charge is -2.10. The van der Waals surface area contributed by atoms with Crippen LogP contribution < -0.4 is 10.7 Å². The highest BCUT2D eigenvalue weighted by atomic mass is 16.2. The fourth-order valence-electron chi connectivity index (χ4n) is 3.52. The van der Waals surface area contributed by atoms with Crippen molar-refractivity contribution in [2.75, 3.05) is 6.54 Å². The standard InChI is InChI=1S/C19H22N6O2/c26-16-12-21-25(15-7-4-3-6-14(15)16)13-19(27)20-10-9-18-23-22-17-8-2-1-5-11-24(17)18/h3-4,6-7,12H,1-2,5,8-11,13H2,(H,20,27). The lowest BCUT2D eigenvalue weighted by atomic mass is 10.2. The molecule has 27 heavy (non-hydrogen) atoms. The minimum absolute atomic E-state index is 0.0682. The number of fused-ring (bicyclic) bond motifs is 2. The Morgan fingerprint density at radius 1 is 1.15 bits per heavy atom. The maximum Gasteiger partial charge on any atom is 0.241 e. The van der Waals surface area contributed by atoms with Gasteiger partial charge in [-0.1, -0.05) is 18.6 Å². The summed E-state index contributed by atoms with van der Waals surface area (Å²) >= 11 is 0. The predicted molar refractivity (Wildman–Crippen MR) is 100 cm³/mol. The zero-order valence-corrected chi connectivity index (χ0v) is 15.1. The number of hydrogen-bond donors (Lipinski definition) is 1. The molecule has 0 spiro atoms. The molecular formula is C19H22N6O2. The highest BCUT2D eigenvalue weighted by Gasteiger charge is 2.14. The topological polar surface area (TPSA) is 94.7 Å². The summed E-state index contributed by atoms with van der Waals surface area (Å²) < 4.78 is 3.74. The Balaban J connectivity index is 1.38. The lowest BCUT2D eigenvalue weighted by Crippen LogP contribution is -2.31. The third kappa shape index (κ3) is 3.74. The number of rotatable bonds is 5. The number of carbonyl (C=O) groups is 1. The largest absolute Gasteiger partial charge is 0.354 e. The first kappa shape index (κ1) is 17.4. The summed E-state index contributed by atoms with van der Waals surface area (Å²) in [6.07, 6.45) is 6.41. The van der Waals surface area contributed by atoms with Gasteiger partial charge < -0.3 is 9.88 Å². The number of hydrogen-bond acceptors (Lipinski definition) is 5. The van der Waals surface area contributed by atoms with Gasteiger partial charge >= 0.3 is 0 Å². The Bertz CT molecular complexity index is 1020. The monoisotopic (exact) mass is 366 g/mol. The molecule has 0 radical (unpaired) electrons. The zero-order valence-electron chi connectivity index (χ0n) is 15.1. The molecule has 4 rings (SSSR count). The van der Waals surface area contributed by atoms with E-state index in [0.29, 0.717) is 23.9 Å². The maximum atomic E-state index is 12.3. The molecule has 1 amide bonds. The number of nitrogens with zero attached hydrogens (tertiary/aromatic N) is 5. The predicted octanol–water partition coefficient (Wildman–Crippen LogP) is 1.07. The molecule has 1 aliphatic heterocycles. The summed E-state index contributed by atoms with van der Waals surface area (Å²) in [5.74, 6) is 1.84. The van der Waals surface area contributed by atoms with Crippen LogP contribution >= 0.6 is 0 Å². The van der Waals surface area contributed by atoms with Crippen LogP contribution in [0.2, 0.25) is 0 Å². The van der Waals surface area contributed by atoms with E-state index in [-0.39, 0.29) is 17.9 Å². The summed E-state index contributed by atoms with van der Waals surface area (Å²) in [6, 6.07) is 7.16. The number of aryl methyl sites for hydroxylation is 1. The van der Waals surface area contributed by atoms with Gasteiger partial charge in [0.1, 0.15) is 18.2 Å². The summed E-state index contributed by atoms with van der Waals surface area (Å²) in [7, 11) is 0. The molecule has 3 aromatic rings. The van der Waals surface area contributed by atoms with Crippen molar-refractivity contribution in [3.63, 3.8) is 0 Å². The van der Waals surface area contributed by atoms with Crippen LogP contribution in [0, 0.1) is 0 Å². The fourth-order valence-corrected chi connectivity index (χ4v) is 3.52. The van der Waals surface area contributed by atoms with Crippen LogP contribution in [-0.2, 0) is 30.7 Å². The van der Waals surface area contributed by atoms with Crippen molar-refractivity contribution in [2.24, 2.45) is 0 Å². The Morgan fingerprint density at radius 2 is 2.04 bits per heavy atom. The molecule has 3 heterocycles. The van der Waals surface area contributed by atoms with Crippen LogP contribution in [0.3, 0.4) is 0 Å². The van der Waals surface area contributed by atoms with Crippen molar-refractivity contribution in [1.82, 2.24) is 29.9 Å². The molecule has 0 aliphatic carbocycles. The van der Waals surface area contributed by atoms with Gasteiger partial charge in [-0.2, -0.15) is 5.10 Å². The number of amides is 1. The van der Waals surface area contributed by atoms with Crippen molar-refractivity contribution in [2.45, 2.75) is 45.2 Å². The van der Waals surface area contributed by atoms with E-state index in [9.17, 15) is 9.59 Å². The third-order valence-electron chi connectivity index (χ3n) is 4.91. The average Bonchev–Trinajstić information content (AvgIpc) is 2.91. The van der Waals surface area contributed by atoms with Crippen LogP contribution in [-0.4, -0.2) is 37.0 Å². The van der Waals surface area contributed by atoms with E-state index in [2.05, 4.69) is 25.2 Å². The smallest absolute Gasteiger partial charge is 0.241 e. The van der Waals surface area contributed by atoms with Gasteiger partial charge in [0.2, 0.25) is 11.3 Å². The number of carbonyl (C=O) groups excluding carboxylic acids is 1. The summed E-state index contributed by atoms with van der Waals surface area (Å²) in [5, 5.41) is 16.1. The van der Waals surface area contributed by atoms with Gasteiger partial charge in [0, 0.05) is 31.3 Å². The van der Waals surface area contributed by atoms with Gasteiger partial charge in [-0.05, 0) is 25.0 Å². The Labute approximate surface area is 156 Å². The van der Waals surface area contributed by atoms with Crippen molar-refractivity contribution < 1.29 is 4.79 Å². The fraction of sp³-hybridized carbons (Fsp3) is 0.421. The van der Waals surface area contributed by atoms with Crippen molar-refractivity contribution in [3.05, 3.63) is 52.3 Å². The van der Waals surface area contributed by atoms with Gasteiger partial charge in [0.25, 0.3) is 0 Å². The minimum atomic E-state index is -0.146. The van der Waals surface area contributed by atoms with Gasteiger partial charge in [-0.3, -0.25) is 14.3 Å². The Kier molecular flexibility index (Phi) is 4.95. The first-order chi connectivity index (χ1) is 13.2. The zero-order chi connectivity index (χ0) is 18.6. The molecule has 8 heteroatoms. The summed E-state index contributed by atoms with van der Waals surface area (Å²) in [4.78, 5) is 24.2.